The third-order valence-corrected chi connectivity index (χ3v) is 8.94. The molecule has 254 valence electrons. The van der Waals surface area contributed by atoms with Crippen LogP contribution in [0.4, 0.5) is 24.8 Å². The zero-order valence-corrected chi connectivity index (χ0v) is 27.3. The van der Waals surface area contributed by atoms with Crippen molar-refractivity contribution in [1.29, 1.82) is 0 Å². The summed E-state index contributed by atoms with van der Waals surface area (Å²) in [5, 5.41) is 5.48. The Morgan fingerprint density at radius 1 is 1.06 bits per heavy atom. The molecule has 1 saturated heterocycles. The molecule has 4 heterocycles. The van der Waals surface area contributed by atoms with Crippen LogP contribution in [0.1, 0.15) is 50.8 Å². The van der Waals surface area contributed by atoms with Gasteiger partial charge in [0.05, 0.1) is 28.8 Å². The molecule has 0 radical (unpaired) electrons. The van der Waals surface area contributed by atoms with Gasteiger partial charge in [-0.3, -0.25) is 14.5 Å². The number of nitrogen functional groups attached to an aromatic ring is 1. The molecule has 2 amide bonds. The number of likely N-dealkylation sites (N-methyl/N-ethyl adjacent to an activating group) is 1. The normalized spacial score (nSPS) is 15.2. The van der Waals surface area contributed by atoms with Gasteiger partial charge in [-0.1, -0.05) is 37.0 Å². The quantitative estimate of drug-likeness (QED) is 0.254. The highest BCUT2D eigenvalue weighted by molar-refractivity contribution is 5.98. The Kier molecular flexibility index (Phi) is 9.71. The summed E-state index contributed by atoms with van der Waals surface area (Å²) in [6, 6.07) is 12.8. The Morgan fingerprint density at radius 2 is 1.84 bits per heavy atom. The average Bonchev–Trinajstić information content (AvgIpc) is 3.42. The van der Waals surface area contributed by atoms with Crippen molar-refractivity contribution >= 4 is 23.5 Å². The van der Waals surface area contributed by atoms with E-state index in [4.69, 9.17) is 5.73 Å². The van der Waals surface area contributed by atoms with Crippen molar-refractivity contribution in [3.8, 4) is 23.2 Å². The number of hydrogen-bond acceptors (Lipinski definition) is 7. The van der Waals surface area contributed by atoms with Gasteiger partial charge < -0.3 is 25.8 Å². The van der Waals surface area contributed by atoms with Crippen LogP contribution in [0.25, 0.3) is 11.4 Å². The van der Waals surface area contributed by atoms with Crippen LogP contribution in [0.3, 0.4) is 0 Å². The fourth-order valence-electron chi connectivity index (χ4n) is 6.29. The average molecular weight is 671 g/mol. The topological polar surface area (TPSA) is 121 Å². The third-order valence-electron chi connectivity index (χ3n) is 8.94. The number of nitrogens with two attached hydrogens (primary N) is 1. The van der Waals surface area contributed by atoms with Crippen LogP contribution < -0.4 is 16.4 Å². The molecule has 0 atom stereocenters. The number of alkyl halides is 3. The molecule has 0 aliphatic carbocycles. The van der Waals surface area contributed by atoms with Crippen molar-refractivity contribution in [2.24, 2.45) is 7.05 Å². The number of carbonyl (C=O) groups excluding carboxylic acids is 2. The molecule has 13 heteroatoms. The van der Waals surface area contributed by atoms with Gasteiger partial charge in [0.1, 0.15) is 5.69 Å². The Bertz CT molecular complexity index is 1950. The number of aromatic nitrogens is 3. The summed E-state index contributed by atoms with van der Waals surface area (Å²) in [7, 11) is 1.87. The fourth-order valence-corrected chi connectivity index (χ4v) is 6.29. The number of amides is 2. The second kappa shape index (κ2) is 14.1. The van der Waals surface area contributed by atoms with E-state index in [9.17, 15) is 22.8 Å². The van der Waals surface area contributed by atoms with E-state index >= 15 is 0 Å². The summed E-state index contributed by atoms with van der Waals surface area (Å²) in [4.78, 5) is 38.2. The van der Waals surface area contributed by atoms with Crippen LogP contribution >= 0.6 is 0 Å². The first-order chi connectivity index (χ1) is 23.5. The van der Waals surface area contributed by atoms with Gasteiger partial charge in [-0.05, 0) is 48.0 Å². The number of rotatable bonds is 7. The molecule has 4 N–H and O–H groups in total. The number of anilines is 2. The summed E-state index contributed by atoms with van der Waals surface area (Å²) in [6.07, 6.45) is -2.41. The highest BCUT2D eigenvalue weighted by Crippen LogP contribution is 2.35. The lowest BCUT2D eigenvalue weighted by atomic mass is 10.0. The second-order valence-electron chi connectivity index (χ2n) is 12.2. The zero-order valence-electron chi connectivity index (χ0n) is 27.3. The summed E-state index contributed by atoms with van der Waals surface area (Å²) in [5.74, 6) is 5.66. The van der Waals surface area contributed by atoms with Gasteiger partial charge in [-0.2, -0.15) is 13.2 Å². The standard InChI is InChI=1S/C36H37F3N8O2/c1-3-46-13-15-47(16-14-46)22-26-9-10-27(19-29(26)36(37,38)39)43-32(48)18-24-6-4-5-23(17-24)7-8-25-21-42-35(40)44-33(25)31-20-28-30(45(31)2)11-12-41-34(28)49/h4-6,9-10,17,19-21H,3,11-16,18,22H2,1-2H3,(H,41,49)(H,43,48)(H2,40,42,44). The number of nitrogens with one attached hydrogen (secondary N) is 2. The van der Waals surface area contributed by atoms with Crippen LogP contribution in [0, 0.1) is 11.8 Å². The molecule has 49 heavy (non-hydrogen) atoms. The van der Waals surface area contributed by atoms with Gasteiger partial charge in [0.15, 0.2) is 0 Å². The maximum absolute atomic E-state index is 14.1. The van der Waals surface area contributed by atoms with Gasteiger partial charge in [-0.15, -0.1) is 0 Å². The van der Waals surface area contributed by atoms with E-state index < -0.39 is 17.6 Å². The van der Waals surface area contributed by atoms with Crippen LogP contribution in [-0.4, -0.2) is 75.4 Å². The summed E-state index contributed by atoms with van der Waals surface area (Å²) in [6.45, 7) is 6.81. The third kappa shape index (κ3) is 7.77. The van der Waals surface area contributed by atoms with Crippen LogP contribution in [0.15, 0.2) is 54.7 Å². The first kappa shape index (κ1) is 33.7. The first-order valence-corrected chi connectivity index (χ1v) is 16.1. The maximum atomic E-state index is 14.1. The molecule has 2 aromatic heterocycles. The second-order valence-corrected chi connectivity index (χ2v) is 12.2. The van der Waals surface area contributed by atoms with Crippen molar-refractivity contribution in [2.75, 3.05) is 50.3 Å². The molecule has 1 fully saturated rings. The van der Waals surface area contributed by atoms with E-state index in [0.717, 1.165) is 31.4 Å². The highest BCUT2D eigenvalue weighted by atomic mass is 19.4. The predicted octanol–water partition coefficient (Wildman–Crippen LogP) is 4.09. The van der Waals surface area contributed by atoms with E-state index in [1.807, 2.05) is 16.5 Å². The van der Waals surface area contributed by atoms with Crippen LogP contribution in [0.2, 0.25) is 0 Å². The molecule has 6 rings (SSSR count). The number of piperazine rings is 1. The minimum atomic E-state index is -4.56. The lowest BCUT2D eigenvalue weighted by molar-refractivity contribution is -0.138. The van der Waals surface area contributed by atoms with Gasteiger partial charge in [0, 0.05) is 75.9 Å². The Morgan fingerprint density at radius 3 is 2.57 bits per heavy atom. The molecule has 10 nitrogen and oxygen atoms in total. The lowest BCUT2D eigenvalue weighted by Crippen LogP contribution is -2.45. The summed E-state index contributed by atoms with van der Waals surface area (Å²) < 4.78 is 44.1. The molecular weight excluding hydrogens is 633 g/mol. The number of hydrogen-bond donors (Lipinski definition) is 3. The molecule has 4 aromatic rings. The number of carbonyl (C=O) groups is 2. The Labute approximate surface area is 282 Å². The van der Waals surface area contributed by atoms with Crippen molar-refractivity contribution in [1.82, 2.24) is 29.7 Å². The van der Waals surface area contributed by atoms with E-state index in [1.54, 1.807) is 30.3 Å². The van der Waals surface area contributed by atoms with Crippen molar-refractivity contribution < 1.29 is 22.8 Å². The van der Waals surface area contributed by atoms with Crippen LogP contribution in [-0.2, 0) is 37.4 Å². The van der Waals surface area contributed by atoms with E-state index in [-0.39, 0.29) is 36.1 Å². The van der Waals surface area contributed by atoms with Gasteiger partial charge >= 0.3 is 6.18 Å². The number of halogens is 3. The molecule has 2 aliphatic rings. The molecule has 0 spiro atoms. The Hall–Kier alpha value is -5.19. The predicted molar refractivity (Wildman–Crippen MR) is 180 cm³/mol. The maximum Gasteiger partial charge on any atom is 0.416 e. The number of fused-ring (bicyclic) bond motifs is 1. The first-order valence-electron chi connectivity index (χ1n) is 16.1. The largest absolute Gasteiger partial charge is 0.416 e. The number of benzene rings is 2. The summed E-state index contributed by atoms with van der Waals surface area (Å²) in [5.41, 5.74) is 9.85. The van der Waals surface area contributed by atoms with E-state index in [2.05, 4.69) is 44.3 Å². The van der Waals surface area contributed by atoms with E-state index in [0.29, 0.717) is 59.7 Å². The minimum absolute atomic E-state index is 0.0620. The van der Waals surface area contributed by atoms with Gasteiger partial charge in [0.25, 0.3) is 5.91 Å². The lowest BCUT2D eigenvalue weighted by Gasteiger charge is -2.34. The number of nitrogens with zero attached hydrogens (tertiary/aromatic N) is 5. The molecule has 0 bridgehead atoms. The van der Waals surface area contributed by atoms with Crippen molar-refractivity contribution in [2.45, 2.75) is 32.5 Å². The molecule has 2 aliphatic heterocycles. The van der Waals surface area contributed by atoms with Crippen molar-refractivity contribution in [3.63, 3.8) is 0 Å². The molecule has 0 saturated carbocycles. The van der Waals surface area contributed by atoms with Gasteiger partial charge in [0.2, 0.25) is 11.9 Å². The highest BCUT2D eigenvalue weighted by Gasteiger charge is 2.34. The minimum Gasteiger partial charge on any atom is -0.368 e. The SMILES string of the molecule is CCN1CCN(Cc2ccc(NC(=O)Cc3cccc(C#Cc4cnc(N)nc4-c4cc5c(n4C)CCNC5=O)c3)cc2C(F)(F)F)CC1. The smallest absolute Gasteiger partial charge is 0.368 e. The molecule has 0 unspecified atom stereocenters. The fraction of sp³-hybridized carbons (Fsp3) is 0.333. The van der Waals surface area contributed by atoms with Crippen molar-refractivity contribution in [3.05, 3.63) is 93.8 Å². The van der Waals surface area contributed by atoms with Crippen LogP contribution in [0.5, 0.6) is 0 Å². The summed E-state index contributed by atoms with van der Waals surface area (Å²) >= 11 is 0. The van der Waals surface area contributed by atoms with Gasteiger partial charge in [-0.25, -0.2) is 9.97 Å². The monoisotopic (exact) mass is 670 g/mol. The zero-order chi connectivity index (χ0) is 34.7. The molecule has 2 aromatic carbocycles. The Balaban J connectivity index is 1.16. The van der Waals surface area contributed by atoms with E-state index in [1.165, 1.54) is 18.3 Å². The molecular formula is C36H37F3N8O2.